The van der Waals surface area contributed by atoms with Crippen LogP contribution in [0.4, 0.5) is 0 Å². The van der Waals surface area contributed by atoms with E-state index in [1.165, 1.54) is 16.7 Å². The van der Waals surface area contributed by atoms with Crippen LogP contribution in [0.1, 0.15) is 47.3 Å². The van der Waals surface area contributed by atoms with Crippen molar-refractivity contribution in [3.8, 4) is 0 Å². The SMILES string of the molecule is CCCc1c(C)cc(C(C)=O)cc1C. The molecule has 0 heterocycles. The summed E-state index contributed by atoms with van der Waals surface area (Å²) < 4.78 is 0. The first-order valence-corrected chi connectivity index (χ1v) is 5.17. The van der Waals surface area contributed by atoms with Gasteiger partial charge in [-0.2, -0.15) is 0 Å². The van der Waals surface area contributed by atoms with Gasteiger partial charge in [-0.25, -0.2) is 0 Å². The normalized spacial score (nSPS) is 10.3. The van der Waals surface area contributed by atoms with E-state index in [2.05, 4.69) is 20.8 Å². The number of rotatable bonds is 3. The summed E-state index contributed by atoms with van der Waals surface area (Å²) in [6.45, 7) is 7.97. The van der Waals surface area contributed by atoms with Gasteiger partial charge in [0.1, 0.15) is 0 Å². The highest BCUT2D eigenvalue weighted by molar-refractivity contribution is 5.94. The maximum atomic E-state index is 11.2. The van der Waals surface area contributed by atoms with Gasteiger partial charge in [0.25, 0.3) is 0 Å². The van der Waals surface area contributed by atoms with Crippen LogP contribution in [0.25, 0.3) is 0 Å². The Kier molecular flexibility index (Phi) is 3.45. The highest BCUT2D eigenvalue weighted by Gasteiger charge is 2.06. The van der Waals surface area contributed by atoms with Gasteiger partial charge in [0.2, 0.25) is 0 Å². The molecular formula is C13H18O. The Hall–Kier alpha value is -1.11. The standard InChI is InChI=1S/C13H18O/c1-5-6-13-9(2)7-12(11(4)14)8-10(13)3/h7-8H,5-6H2,1-4H3. The third-order valence-electron chi connectivity index (χ3n) is 2.60. The predicted octanol–water partition coefficient (Wildman–Crippen LogP) is 3.46. The average molecular weight is 190 g/mol. The van der Waals surface area contributed by atoms with Crippen LogP contribution < -0.4 is 0 Å². The second-order valence-electron chi connectivity index (χ2n) is 3.89. The first-order chi connectivity index (χ1) is 6.56. The number of benzene rings is 1. The third kappa shape index (κ3) is 2.22. The molecule has 0 spiro atoms. The van der Waals surface area contributed by atoms with Gasteiger partial charge in [-0.1, -0.05) is 13.3 Å². The molecule has 0 bridgehead atoms. The van der Waals surface area contributed by atoms with E-state index in [4.69, 9.17) is 0 Å². The summed E-state index contributed by atoms with van der Waals surface area (Å²) in [6.07, 6.45) is 2.26. The van der Waals surface area contributed by atoms with E-state index in [1.54, 1.807) is 6.92 Å². The highest BCUT2D eigenvalue weighted by Crippen LogP contribution is 2.18. The van der Waals surface area contributed by atoms with E-state index in [1.807, 2.05) is 12.1 Å². The molecular weight excluding hydrogens is 172 g/mol. The molecule has 0 amide bonds. The number of Topliss-reactive ketones (excluding diaryl/α,β-unsaturated/α-hetero) is 1. The van der Waals surface area contributed by atoms with Crippen LogP contribution in [-0.4, -0.2) is 5.78 Å². The Labute approximate surface area is 86.1 Å². The lowest BCUT2D eigenvalue weighted by Gasteiger charge is -2.10. The van der Waals surface area contributed by atoms with E-state index >= 15 is 0 Å². The van der Waals surface area contributed by atoms with Crippen molar-refractivity contribution in [1.29, 1.82) is 0 Å². The van der Waals surface area contributed by atoms with Crippen molar-refractivity contribution in [3.63, 3.8) is 0 Å². The fraction of sp³-hybridized carbons (Fsp3) is 0.462. The second kappa shape index (κ2) is 4.41. The first kappa shape index (κ1) is 11.0. The maximum absolute atomic E-state index is 11.2. The maximum Gasteiger partial charge on any atom is 0.159 e. The Morgan fingerprint density at radius 1 is 1.21 bits per heavy atom. The molecule has 0 aliphatic rings. The lowest BCUT2D eigenvalue weighted by molar-refractivity contribution is 0.101. The zero-order valence-electron chi connectivity index (χ0n) is 9.48. The van der Waals surface area contributed by atoms with Gasteiger partial charge in [-0.05, 0) is 56.0 Å². The third-order valence-corrected chi connectivity index (χ3v) is 2.60. The van der Waals surface area contributed by atoms with Crippen molar-refractivity contribution in [2.24, 2.45) is 0 Å². The summed E-state index contributed by atoms with van der Waals surface area (Å²) in [6, 6.07) is 4.00. The van der Waals surface area contributed by atoms with Crippen LogP contribution in [0.3, 0.4) is 0 Å². The Morgan fingerprint density at radius 3 is 2.07 bits per heavy atom. The van der Waals surface area contributed by atoms with Gasteiger partial charge in [-0.3, -0.25) is 4.79 Å². The van der Waals surface area contributed by atoms with Crippen molar-refractivity contribution in [1.82, 2.24) is 0 Å². The van der Waals surface area contributed by atoms with Crippen LogP contribution in [0.5, 0.6) is 0 Å². The summed E-state index contributed by atoms with van der Waals surface area (Å²) in [5.74, 6) is 0.152. The van der Waals surface area contributed by atoms with Gasteiger partial charge in [0, 0.05) is 5.56 Å². The van der Waals surface area contributed by atoms with Crippen LogP contribution in [0.15, 0.2) is 12.1 Å². The number of hydrogen-bond acceptors (Lipinski definition) is 1. The zero-order valence-corrected chi connectivity index (χ0v) is 9.48. The Morgan fingerprint density at radius 2 is 1.71 bits per heavy atom. The monoisotopic (exact) mass is 190 g/mol. The quantitative estimate of drug-likeness (QED) is 0.667. The molecule has 1 heteroatoms. The van der Waals surface area contributed by atoms with Crippen molar-refractivity contribution in [2.75, 3.05) is 0 Å². The van der Waals surface area contributed by atoms with E-state index in [0.717, 1.165) is 18.4 Å². The summed E-state index contributed by atoms with van der Waals surface area (Å²) in [5.41, 5.74) is 4.73. The van der Waals surface area contributed by atoms with Crippen LogP contribution in [-0.2, 0) is 6.42 Å². The van der Waals surface area contributed by atoms with Crippen molar-refractivity contribution < 1.29 is 4.79 Å². The molecule has 1 nitrogen and oxygen atoms in total. The largest absolute Gasteiger partial charge is 0.295 e. The van der Waals surface area contributed by atoms with E-state index < -0.39 is 0 Å². The Balaban J connectivity index is 3.18. The van der Waals surface area contributed by atoms with Crippen LogP contribution >= 0.6 is 0 Å². The fourth-order valence-electron chi connectivity index (χ4n) is 1.84. The smallest absolute Gasteiger partial charge is 0.159 e. The fourth-order valence-corrected chi connectivity index (χ4v) is 1.84. The average Bonchev–Trinajstić information content (AvgIpc) is 2.10. The van der Waals surface area contributed by atoms with Crippen molar-refractivity contribution in [3.05, 3.63) is 34.4 Å². The van der Waals surface area contributed by atoms with Crippen LogP contribution in [0, 0.1) is 13.8 Å². The number of ketones is 1. The van der Waals surface area contributed by atoms with Crippen molar-refractivity contribution >= 4 is 5.78 Å². The zero-order chi connectivity index (χ0) is 10.7. The lowest BCUT2D eigenvalue weighted by Crippen LogP contribution is -1.99. The van der Waals surface area contributed by atoms with E-state index in [-0.39, 0.29) is 5.78 Å². The topological polar surface area (TPSA) is 17.1 Å². The summed E-state index contributed by atoms with van der Waals surface area (Å²) in [5, 5.41) is 0. The molecule has 0 atom stereocenters. The molecule has 0 saturated heterocycles. The molecule has 76 valence electrons. The van der Waals surface area contributed by atoms with Gasteiger partial charge in [0.05, 0.1) is 0 Å². The minimum Gasteiger partial charge on any atom is -0.295 e. The molecule has 1 aromatic rings. The number of carbonyl (C=O) groups excluding carboxylic acids is 1. The predicted molar refractivity (Wildman–Crippen MR) is 59.9 cm³/mol. The van der Waals surface area contributed by atoms with Crippen molar-refractivity contribution in [2.45, 2.75) is 40.5 Å². The Bertz CT molecular complexity index is 327. The van der Waals surface area contributed by atoms with Gasteiger partial charge in [-0.15, -0.1) is 0 Å². The summed E-state index contributed by atoms with van der Waals surface area (Å²) >= 11 is 0. The molecule has 0 aliphatic carbocycles. The van der Waals surface area contributed by atoms with Gasteiger partial charge < -0.3 is 0 Å². The number of carbonyl (C=O) groups is 1. The number of hydrogen-bond donors (Lipinski definition) is 0. The van der Waals surface area contributed by atoms with E-state index in [9.17, 15) is 4.79 Å². The molecule has 0 unspecified atom stereocenters. The summed E-state index contributed by atoms with van der Waals surface area (Å²) in [7, 11) is 0. The molecule has 0 N–H and O–H groups in total. The molecule has 14 heavy (non-hydrogen) atoms. The molecule has 0 radical (unpaired) electrons. The van der Waals surface area contributed by atoms with E-state index in [0.29, 0.717) is 0 Å². The number of aryl methyl sites for hydroxylation is 2. The molecule has 0 aromatic heterocycles. The molecule has 0 aliphatic heterocycles. The molecule has 1 aromatic carbocycles. The molecule has 1 rings (SSSR count). The minimum atomic E-state index is 0.152. The molecule has 0 saturated carbocycles. The first-order valence-electron chi connectivity index (χ1n) is 5.17. The van der Waals surface area contributed by atoms with Gasteiger partial charge >= 0.3 is 0 Å². The van der Waals surface area contributed by atoms with Gasteiger partial charge in [0.15, 0.2) is 5.78 Å². The summed E-state index contributed by atoms with van der Waals surface area (Å²) in [4.78, 5) is 11.2. The second-order valence-corrected chi connectivity index (χ2v) is 3.89. The minimum absolute atomic E-state index is 0.152. The highest BCUT2D eigenvalue weighted by atomic mass is 16.1. The van der Waals surface area contributed by atoms with Crippen LogP contribution in [0.2, 0.25) is 0 Å². The molecule has 0 fully saturated rings. The lowest BCUT2D eigenvalue weighted by atomic mass is 9.95.